The molecule has 6 heteroatoms. The van der Waals surface area contributed by atoms with E-state index in [0.29, 0.717) is 17.5 Å². The molecule has 1 aliphatic rings. The molecular weight excluding hydrogens is 365 g/mol. The Balaban J connectivity index is 1.77. The summed E-state index contributed by atoms with van der Waals surface area (Å²) >= 11 is 0. The zero-order chi connectivity index (χ0) is 20.3. The van der Waals surface area contributed by atoms with Gasteiger partial charge in [-0.25, -0.2) is 0 Å². The van der Waals surface area contributed by atoms with Crippen molar-refractivity contribution < 1.29 is 18.0 Å². The monoisotopic (exact) mass is 390 g/mol. The van der Waals surface area contributed by atoms with Gasteiger partial charge in [0.1, 0.15) is 0 Å². The molecule has 0 bridgehead atoms. The molecule has 1 fully saturated rings. The maximum atomic E-state index is 13.1. The molecule has 2 aromatic carbocycles. The lowest BCUT2D eigenvalue weighted by molar-refractivity contribution is -0.137. The quantitative estimate of drug-likeness (QED) is 0.841. The van der Waals surface area contributed by atoms with E-state index in [-0.39, 0.29) is 24.3 Å². The number of halogens is 3. The minimum atomic E-state index is -4.39. The summed E-state index contributed by atoms with van der Waals surface area (Å²) in [5.41, 5.74) is 1.46. The van der Waals surface area contributed by atoms with Crippen LogP contribution in [0.3, 0.4) is 0 Å². The fraction of sp³-hybridized carbons (Fsp3) is 0.409. The molecule has 1 amide bonds. The number of aryl methyl sites for hydroxylation is 1. The summed E-state index contributed by atoms with van der Waals surface area (Å²) in [4.78, 5) is 14.7. The van der Waals surface area contributed by atoms with Crippen molar-refractivity contribution in [2.75, 3.05) is 20.1 Å². The molecule has 0 unspecified atom stereocenters. The molecular formula is C22H25F3N2O. The number of hydrogen-bond donors (Lipinski definition) is 1. The lowest BCUT2D eigenvalue weighted by atomic mass is 9.80. The van der Waals surface area contributed by atoms with Gasteiger partial charge in [-0.1, -0.05) is 42.0 Å². The average Bonchev–Trinajstić information content (AvgIpc) is 2.67. The maximum absolute atomic E-state index is 13.1. The number of piperidine rings is 1. The van der Waals surface area contributed by atoms with Crippen molar-refractivity contribution in [3.8, 4) is 0 Å². The van der Waals surface area contributed by atoms with Crippen LogP contribution in [0.15, 0.2) is 48.5 Å². The Morgan fingerprint density at radius 1 is 1.18 bits per heavy atom. The number of carbonyl (C=O) groups excluding carboxylic acids is 1. The highest BCUT2D eigenvalue weighted by Gasteiger charge is 2.34. The van der Waals surface area contributed by atoms with Crippen LogP contribution < -0.4 is 5.32 Å². The van der Waals surface area contributed by atoms with Gasteiger partial charge in [0.15, 0.2) is 0 Å². The lowest BCUT2D eigenvalue weighted by Crippen LogP contribution is -2.43. The van der Waals surface area contributed by atoms with Crippen molar-refractivity contribution in [3.63, 3.8) is 0 Å². The van der Waals surface area contributed by atoms with Gasteiger partial charge in [-0.3, -0.25) is 4.79 Å². The molecule has 0 aliphatic carbocycles. The molecule has 1 heterocycles. The van der Waals surface area contributed by atoms with Crippen LogP contribution in [0.4, 0.5) is 13.2 Å². The molecule has 1 aliphatic heterocycles. The van der Waals surface area contributed by atoms with Crippen molar-refractivity contribution in [1.82, 2.24) is 10.2 Å². The van der Waals surface area contributed by atoms with E-state index >= 15 is 0 Å². The molecule has 0 radical (unpaired) electrons. The third-order valence-corrected chi connectivity index (χ3v) is 5.29. The van der Waals surface area contributed by atoms with E-state index in [1.54, 1.807) is 24.9 Å². The van der Waals surface area contributed by atoms with Crippen molar-refractivity contribution in [2.24, 2.45) is 5.92 Å². The number of carbonyl (C=O) groups is 1. The van der Waals surface area contributed by atoms with Gasteiger partial charge in [0.2, 0.25) is 5.91 Å². The van der Waals surface area contributed by atoms with Crippen LogP contribution in [0.1, 0.15) is 34.6 Å². The molecule has 1 N–H and O–H groups in total. The smallest absolute Gasteiger partial charge is 0.341 e. The van der Waals surface area contributed by atoms with Crippen LogP contribution in [0.25, 0.3) is 0 Å². The highest BCUT2D eigenvalue weighted by Crippen LogP contribution is 2.32. The van der Waals surface area contributed by atoms with Crippen LogP contribution in [-0.2, 0) is 17.5 Å². The molecule has 0 aromatic heterocycles. The Morgan fingerprint density at radius 2 is 1.89 bits per heavy atom. The summed E-state index contributed by atoms with van der Waals surface area (Å²) in [5.74, 6) is -0.140. The van der Waals surface area contributed by atoms with E-state index < -0.39 is 11.7 Å². The van der Waals surface area contributed by atoms with Crippen LogP contribution in [0.5, 0.6) is 0 Å². The van der Waals surface area contributed by atoms with Crippen molar-refractivity contribution in [1.29, 1.82) is 0 Å². The second-order valence-electron chi connectivity index (χ2n) is 7.52. The zero-order valence-electron chi connectivity index (χ0n) is 16.1. The van der Waals surface area contributed by atoms with Crippen LogP contribution in [0.2, 0.25) is 0 Å². The van der Waals surface area contributed by atoms with Gasteiger partial charge < -0.3 is 10.2 Å². The van der Waals surface area contributed by atoms with Crippen LogP contribution >= 0.6 is 0 Å². The fourth-order valence-electron chi connectivity index (χ4n) is 3.96. The van der Waals surface area contributed by atoms with E-state index in [2.05, 4.69) is 5.32 Å². The Hall–Kier alpha value is -2.34. The van der Waals surface area contributed by atoms with E-state index in [1.165, 1.54) is 0 Å². The van der Waals surface area contributed by atoms with Crippen molar-refractivity contribution in [3.05, 3.63) is 70.8 Å². The Labute approximate surface area is 163 Å². The number of hydrogen-bond acceptors (Lipinski definition) is 2. The first-order valence-corrected chi connectivity index (χ1v) is 9.44. The average molecular weight is 390 g/mol. The third-order valence-electron chi connectivity index (χ3n) is 5.29. The van der Waals surface area contributed by atoms with E-state index in [9.17, 15) is 18.0 Å². The topological polar surface area (TPSA) is 32.3 Å². The molecule has 0 spiro atoms. The third kappa shape index (κ3) is 4.73. The second-order valence-corrected chi connectivity index (χ2v) is 7.52. The number of benzene rings is 2. The summed E-state index contributed by atoms with van der Waals surface area (Å²) in [6, 6.07) is 13.9. The SMILES string of the molecule is Cc1cc(CN(C)C(=O)[C@H]2CCNC[C@H]2c2ccccc2)cc(C(F)(F)F)c1. The Kier molecular flexibility index (Phi) is 6.08. The van der Waals surface area contributed by atoms with Gasteiger partial charge in [0, 0.05) is 32.0 Å². The molecule has 3 nitrogen and oxygen atoms in total. The first kappa shape index (κ1) is 20.4. The molecule has 0 saturated carbocycles. The first-order valence-electron chi connectivity index (χ1n) is 9.44. The zero-order valence-corrected chi connectivity index (χ0v) is 16.1. The normalized spacial score (nSPS) is 20.0. The van der Waals surface area contributed by atoms with Gasteiger partial charge in [-0.05, 0) is 43.1 Å². The Morgan fingerprint density at radius 3 is 2.57 bits per heavy atom. The van der Waals surface area contributed by atoms with Crippen LogP contribution in [0, 0.1) is 12.8 Å². The number of amides is 1. The molecule has 2 atom stereocenters. The van der Waals surface area contributed by atoms with Crippen molar-refractivity contribution >= 4 is 5.91 Å². The van der Waals surface area contributed by atoms with Gasteiger partial charge in [-0.2, -0.15) is 13.2 Å². The summed E-state index contributed by atoms with van der Waals surface area (Å²) < 4.78 is 39.3. The van der Waals surface area contributed by atoms with Gasteiger partial charge in [0.25, 0.3) is 0 Å². The fourth-order valence-corrected chi connectivity index (χ4v) is 3.96. The highest BCUT2D eigenvalue weighted by molar-refractivity contribution is 5.80. The summed E-state index contributed by atoms with van der Waals surface area (Å²) in [6.07, 6.45) is -3.68. The Bertz CT molecular complexity index is 820. The summed E-state index contributed by atoms with van der Waals surface area (Å²) in [6.45, 7) is 3.28. The largest absolute Gasteiger partial charge is 0.416 e. The van der Waals surface area contributed by atoms with Gasteiger partial charge in [-0.15, -0.1) is 0 Å². The summed E-state index contributed by atoms with van der Waals surface area (Å²) in [7, 11) is 1.67. The van der Waals surface area contributed by atoms with E-state index in [4.69, 9.17) is 0 Å². The standard InChI is InChI=1S/C22H25F3N2O/c1-15-10-16(12-18(11-15)22(23,24)25)14-27(2)21(28)19-8-9-26-13-20(19)17-6-4-3-5-7-17/h3-7,10-12,19-20,26H,8-9,13-14H2,1-2H3/t19-,20-/m0/s1. The van der Waals surface area contributed by atoms with Gasteiger partial charge >= 0.3 is 6.18 Å². The first-order chi connectivity index (χ1) is 13.3. The van der Waals surface area contributed by atoms with E-state index in [0.717, 1.165) is 30.8 Å². The summed E-state index contributed by atoms with van der Waals surface area (Å²) in [5, 5.41) is 3.34. The van der Waals surface area contributed by atoms with E-state index in [1.807, 2.05) is 30.3 Å². The number of rotatable bonds is 4. The predicted molar refractivity (Wildman–Crippen MR) is 103 cm³/mol. The highest BCUT2D eigenvalue weighted by atomic mass is 19.4. The molecule has 1 saturated heterocycles. The minimum Gasteiger partial charge on any atom is -0.341 e. The second kappa shape index (κ2) is 8.35. The number of alkyl halides is 3. The molecule has 2 aromatic rings. The van der Waals surface area contributed by atoms with Crippen LogP contribution in [-0.4, -0.2) is 30.9 Å². The lowest BCUT2D eigenvalue weighted by Gasteiger charge is -2.34. The molecule has 28 heavy (non-hydrogen) atoms. The minimum absolute atomic E-state index is 0.0228. The molecule has 150 valence electrons. The predicted octanol–water partition coefficient (Wildman–Crippen LogP) is 4.37. The number of nitrogens with one attached hydrogen (secondary N) is 1. The molecule has 3 rings (SSSR count). The maximum Gasteiger partial charge on any atom is 0.416 e. The number of nitrogens with zero attached hydrogens (tertiary/aromatic N) is 1. The van der Waals surface area contributed by atoms with Gasteiger partial charge in [0.05, 0.1) is 5.56 Å². The van der Waals surface area contributed by atoms with Crippen molar-refractivity contribution in [2.45, 2.75) is 32.0 Å².